The van der Waals surface area contributed by atoms with E-state index in [1.165, 1.54) is 31.4 Å². The topological polar surface area (TPSA) is 49.3 Å². The number of aromatic nitrogens is 1. The highest BCUT2D eigenvalue weighted by atomic mass is 127. The molecule has 2 N–H and O–H groups in total. The average molecular weight is 436 g/mol. The first-order chi connectivity index (χ1) is 10.2. The van der Waals surface area contributed by atoms with Gasteiger partial charge in [-0.2, -0.15) is 0 Å². The zero-order valence-electron chi connectivity index (χ0n) is 13.9. The molecular weight excluding hydrogens is 407 g/mol. The van der Waals surface area contributed by atoms with Crippen LogP contribution in [0.2, 0.25) is 0 Å². The van der Waals surface area contributed by atoms with E-state index in [9.17, 15) is 0 Å². The summed E-state index contributed by atoms with van der Waals surface area (Å²) in [5.74, 6) is 2.60. The van der Waals surface area contributed by atoms with Gasteiger partial charge in [-0.1, -0.05) is 19.8 Å². The van der Waals surface area contributed by atoms with Crippen molar-refractivity contribution in [2.75, 3.05) is 20.1 Å². The van der Waals surface area contributed by atoms with Crippen LogP contribution >= 0.6 is 35.3 Å². The Morgan fingerprint density at radius 3 is 2.86 bits per heavy atom. The molecule has 0 aromatic carbocycles. The summed E-state index contributed by atoms with van der Waals surface area (Å²) in [6.45, 7) is 6.34. The minimum absolute atomic E-state index is 0. The van der Waals surface area contributed by atoms with Crippen LogP contribution in [-0.2, 0) is 6.42 Å². The Labute approximate surface area is 155 Å². The lowest BCUT2D eigenvalue weighted by Crippen LogP contribution is -2.41. The molecule has 1 aromatic heterocycles. The lowest BCUT2D eigenvalue weighted by Gasteiger charge is -2.27. The Morgan fingerprint density at radius 1 is 1.41 bits per heavy atom. The second-order valence-corrected chi connectivity index (χ2v) is 7.19. The molecule has 0 aliphatic heterocycles. The van der Waals surface area contributed by atoms with Gasteiger partial charge in [-0.3, -0.25) is 4.99 Å². The van der Waals surface area contributed by atoms with Gasteiger partial charge >= 0.3 is 0 Å². The van der Waals surface area contributed by atoms with Crippen molar-refractivity contribution >= 4 is 41.3 Å². The van der Waals surface area contributed by atoms with Crippen molar-refractivity contribution in [3.63, 3.8) is 0 Å². The van der Waals surface area contributed by atoms with Crippen LogP contribution in [0.25, 0.3) is 0 Å². The number of thiazole rings is 1. The summed E-state index contributed by atoms with van der Waals surface area (Å²) in [6, 6.07) is 0. The fourth-order valence-electron chi connectivity index (χ4n) is 3.04. The van der Waals surface area contributed by atoms with E-state index in [1.807, 2.05) is 14.0 Å². The number of halogens is 1. The van der Waals surface area contributed by atoms with E-state index < -0.39 is 0 Å². The third-order valence-electron chi connectivity index (χ3n) is 4.17. The summed E-state index contributed by atoms with van der Waals surface area (Å²) in [5.41, 5.74) is 1.17. The largest absolute Gasteiger partial charge is 0.356 e. The smallest absolute Gasteiger partial charge is 0.190 e. The predicted molar refractivity (Wildman–Crippen MR) is 106 cm³/mol. The van der Waals surface area contributed by atoms with Gasteiger partial charge in [0.15, 0.2) is 5.96 Å². The zero-order chi connectivity index (χ0) is 15.1. The maximum atomic E-state index is 4.48. The van der Waals surface area contributed by atoms with Gasteiger partial charge in [0.25, 0.3) is 0 Å². The van der Waals surface area contributed by atoms with Crippen molar-refractivity contribution in [2.45, 2.75) is 46.0 Å². The molecule has 0 amide bonds. The molecule has 22 heavy (non-hydrogen) atoms. The number of aryl methyl sites for hydroxylation is 1. The van der Waals surface area contributed by atoms with Gasteiger partial charge in [-0.05, 0) is 31.6 Å². The first-order valence-corrected chi connectivity index (χ1v) is 8.91. The SMILES string of the molecule is CN=C(NCCc1csc(C)n1)NCC1CCCC(C)C1.I. The van der Waals surface area contributed by atoms with Crippen molar-refractivity contribution < 1.29 is 0 Å². The van der Waals surface area contributed by atoms with E-state index in [2.05, 4.69) is 32.9 Å². The highest BCUT2D eigenvalue weighted by Gasteiger charge is 2.18. The highest BCUT2D eigenvalue weighted by molar-refractivity contribution is 14.0. The molecule has 1 saturated carbocycles. The molecule has 4 nitrogen and oxygen atoms in total. The third-order valence-corrected chi connectivity index (χ3v) is 4.99. The predicted octanol–water partition coefficient (Wildman–Crippen LogP) is 3.60. The number of rotatable bonds is 5. The van der Waals surface area contributed by atoms with Crippen molar-refractivity contribution in [3.8, 4) is 0 Å². The van der Waals surface area contributed by atoms with E-state index in [-0.39, 0.29) is 24.0 Å². The molecule has 6 heteroatoms. The minimum atomic E-state index is 0. The van der Waals surface area contributed by atoms with Crippen LogP contribution in [0, 0.1) is 18.8 Å². The van der Waals surface area contributed by atoms with E-state index in [0.29, 0.717) is 0 Å². The molecule has 0 spiro atoms. The monoisotopic (exact) mass is 436 g/mol. The van der Waals surface area contributed by atoms with Gasteiger partial charge < -0.3 is 10.6 Å². The first kappa shape index (κ1) is 19.7. The molecule has 126 valence electrons. The van der Waals surface area contributed by atoms with Gasteiger partial charge in [0.1, 0.15) is 0 Å². The Kier molecular flexibility index (Phi) is 9.31. The second-order valence-electron chi connectivity index (χ2n) is 6.13. The number of guanidine groups is 1. The molecule has 2 rings (SSSR count). The summed E-state index contributed by atoms with van der Waals surface area (Å²) < 4.78 is 0. The standard InChI is InChI=1S/C16H28N4S.HI/c1-12-5-4-6-14(9-12)10-19-16(17-3)18-8-7-15-11-21-13(2)20-15;/h11-12,14H,4-10H2,1-3H3,(H2,17,18,19);1H. The molecule has 0 saturated heterocycles. The molecular formula is C16H29IN4S. The molecule has 1 aliphatic carbocycles. The molecule has 1 aromatic rings. The number of hydrogen-bond acceptors (Lipinski definition) is 3. The molecule has 1 heterocycles. The van der Waals surface area contributed by atoms with Crippen LogP contribution in [-0.4, -0.2) is 31.1 Å². The van der Waals surface area contributed by atoms with E-state index in [1.54, 1.807) is 11.3 Å². The fourth-order valence-corrected chi connectivity index (χ4v) is 3.69. The average Bonchev–Trinajstić information content (AvgIpc) is 2.88. The summed E-state index contributed by atoms with van der Waals surface area (Å²) in [4.78, 5) is 8.78. The Hall–Kier alpha value is -0.370. The maximum absolute atomic E-state index is 4.48. The maximum Gasteiger partial charge on any atom is 0.190 e. The number of nitrogens with one attached hydrogen (secondary N) is 2. The van der Waals surface area contributed by atoms with Crippen molar-refractivity contribution in [3.05, 3.63) is 16.1 Å². The quantitative estimate of drug-likeness (QED) is 0.421. The number of nitrogens with zero attached hydrogens (tertiary/aromatic N) is 2. The van der Waals surface area contributed by atoms with Crippen LogP contribution < -0.4 is 10.6 Å². The summed E-state index contributed by atoms with van der Waals surface area (Å²) in [6.07, 6.45) is 6.43. The summed E-state index contributed by atoms with van der Waals surface area (Å²) in [7, 11) is 1.84. The molecule has 1 fully saturated rings. The molecule has 0 bridgehead atoms. The summed E-state index contributed by atoms with van der Waals surface area (Å²) >= 11 is 1.71. The van der Waals surface area contributed by atoms with E-state index in [4.69, 9.17) is 0 Å². The van der Waals surface area contributed by atoms with Crippen LogP contribution in [0.15, 0.2) is 10.4 Å². The number of aliphatic imine (C=N–C) groups is 1. The third kappa shape index (κ3) is 6.81. The van der Waals surface area contributed by atoms with Crippen LogP contribution in [0.3, 0.4) is 0 Å². The van der Waals surface area contributed by atoms with Gasteiger partial charge in [0.2, 0.25) is 0 Å². The number of hydrogen-bond donors (Lipinski definition) is 2. The van der Waals surface area contributed by atoms with Crippen LogP contribution in [0.1, 0.15) is 43.3 Å². The van der Waals surface area contributed by atoms with Crippen LogP contribution in [0.4, 0.5) is 0 Å². The lowest BCUT2D eigenvalue weighted by atomic mass is 9.82. The Balaban J connectivity index is 0.00000242. The molecule has 0 radical (unpaired) electrons. The first-order valence-electron chi connectivity index (χ1n) is 8.03. The van der Waals surface area contributed by atoms with Gasteiger partial charge in [0, 0.05) is 31.9 Å². The molecule has 2 unspecified atom stereocenters. The van der Waals surface area contributed by atoms with Crippen molar-refractivity contribution in [1.29, 1.82) is 0 Å². The normalized spacial score (nSPS) is 22.0. The van der Waals surface area contributed by atoms with E-state index in [0.717, 1.165) is 42.3 Å². The molecule has 2 atom stereocenters. The van der Waals surface area contributed by atoms with Crippen LogP contribution in [0.5, 0.6) is 0 Å². The Bertz CT molecular complexity index is 461. The zero-order valence-corrected chi connectivity index (χ0v) is 17.0. The Morgan fingerprint density at radius 2 is 2.23 bits per heavy atom. The highest BCUT2D eigenvalue weighted by Crippen LogP contribution is 2.27. The summed E-state index contributed by atoms with van der Waals surface area (Å²) in [5, 5.41) is 10.1. The van der Waals surface area contributed by atoms with E-state index >= 15 is 0 Å². The van der Waals surface area contributed by atoms with Crippen molar-refractivity contribution in [1.82, 2.24) is 15.6 Å². The minimum Gasteiger partial charge on any atom is -0.356 e. The van der Waals surface area contributed by atoms with Gasteiger partial charge in [0.05, 0.1) is 10.7 Å². The molecule has 1 aliphatic rings. The van der Waals surface area contributed by atoms with Crippen molar-refractivity contribution in [2.24, 2.45) is 16.8 Å². The lowest BCUT2D eigenvalue weighted by molar-refractivity contribution is 0.282. The van der Waals surface area contributed by atoms with Gasteiger partial charge in [-0.25, -0.2) is 4.98 Å². The fraction of sp³-hybridized carbons (Fsp3) is 0.750. The second kappa shape index (κ2) is 10.4. The van der Waals surface area contributed by atoms with Gasteiger partial charge in [-0.15, -0.1) is 35.3 Å².